The van der Waals surface area contributed by atoms with Crippen LogP contribution in [0.4, 0.5) is 11.6 Å². The molecule has 1 atom stereocenters. The number of pyridine rings is 1. The van der Waals surface area contributed by atoms with Gasteiger partial charge in [0.25, 0.3) is 11.1 Å². The third-order valence-corrected chi connectivity index (χ3v) is 7.56. The maximum Gasteiger partial charge on any atom is 0.276 e. The summed E-state index contributed by atoms with van der Waals surface area (Å²) in [6.07, 6.45) is 1.66. The van der Waals surface area contributed by atoms with Crippen molar-refractivity contribution in [3.05, 3.63) is 92.6 Å². The van der Waals surface area contributed by atoms with E-state index >= 15 is 0 Å². The van der Waals surface area contributed by atoms with E-state index in [4.69, 9.17) is 4.74 Å². The average Bonchev–Trinajstić information content (AvgIpc) is 3.01. The van der Waals surface area contributed by atoms with E-state index in [1.165, 1.54) is 9.36 Å². The molecule has 0 amide bonds. The van der Waals surface area contributed by atoms with E-state index < -0.39 is 0 Å². The highest BCUT2D eigenvalue weighted by atomic mass is 16.5. The van der Waals surface area contributed by atoms with Crippen molar-refractivity contribution < 1.29 is 4.74 Å². The number of aromatic nitrogens is 5. The molecule has 0 saturated carbocycles. The van der Waals surface area contributed by atoms with Gasteiger partial charge in [-0.2, -0.15) is 10.2 Å². The number of fused-ring (bicyclic) bond motifs is 2. The van der Waals surface area contributed by atoms with E-state index in [0.29, 0.717) is 57.7 Å². The van der Waals surface area contributed by atoms with Gasteiger partial charge < -0.3 is 25.2 Å². The zero-order valence-corrected chi connectivity index (χ0v) is 26.0. The molecule has 3 heterocycles. The number of benzene rings is 2. The number of likely N-dealkylation sites (N-methyl/N-ethyl adjacent to an activating group) is 2. The molecule has 0 saturated heterocycles. The highest BCUT2D eigenvalue weighted by molar-refractivity contribution is 5.92. The molecule has 0 unspecified atom stereocenters. The first-order chi connectivity index (χ1) is 21.2. The van der Waals surface area contributed by atoms with Crippen molar-refractivity contribution >= 4 is 33.3 Å². The third-order valence-electron chi connectivity index (χ3n) is 7.56. The summed E-state index contributed by atoms with van der Waals surface area (Å²) in [6, 6.07) is 17.4. The maximum absolute atomic E-state index is 13.6. The summed E-state index contributed by atoms with van der Waals surface area (Å²) in [5, 5.41) is 17.5. The Balaban J connectivity index is 1.49. The molecule has 44 heavy (non-hydrogen) atoms. The lowest BCUT2D eigenvalue weighted by Gasteiger charge is -2.25. The number of hydrogen-bond acceptors (Lipinski definition) is 10. The fourth-order valence-corrected chi connectivity index (χ4v) is 5.15. The molecule has 5 rings (SSSR count). The fraction of sp³-hybridized carbons (Fsp3) is 0.344. The second-order valence-electron chi connectivity index (χ2n) is 11.2. The summed E-state index contributed by atoms with van der Waals surface area (Å²) < 4.78 is 8.09. The summed E-state index contributed by atoms with van der Waals surface area (Å²) in [5.74, 6) is 1.69. The van der Waals surface area contributed by atoms with Crippen molar-refractivity contribution in [3.63, 3.8) is 0 Å². The monoisotopic (exact) mass is 597 g/mol. The Morgan fingerprint density at radius 2 is 1.66 bits per heavy atom. The molecule has 2 N–H and O–H groups in total. The molecule has 5 aromatic rings. The number of aryl methyl sites for hydroxylation is 1. The van der Waals surface area contributed by atoms with Crippen LogP contribution < -0.4 is 26.5 Å². The Morgan fingerprint density at radius 1 is 0.886 bits per heavy atom. The van der Waals surface area contributed by atoms with Crippen LogP contribution in [-0.2, 0) is 13.6 Å². The first-order valence-electron chi connectivity index (χ1n) is 14.4. The van der Waals surface area contributed by atoms with Gasteiger partial charge in [0.2, 0.25) is 0 Å². The largest absolute Gasteiger partial charge is 0.497 e. The lowest BCUT2D eigenvalue weighted by Crippen LogP contribution is -2.29. The van der Waals surface area contributed by atoms with Crippen LogP contribution >= 0.6 is 0 Å². The second kappa shape index (κ2) is 13.2. The summed E-state index contributed by atoms with van der Waals surface area (Å²) in [4.78, 5) is 35.6. The van der Waals surface area contributed by atoms with Crippen molar-refractivity contribution in [2.45, 2.75) is 12.6 Å². The first kappa shape index (κ1) is 30.6. The van der Waals surface area contributed by atoms with Crippen LogP contribution in [0.5, 0.6) is 5.75 Å². The highest BCUT2D eigenvalue weighted by Crippen LogP contribution is 2.24. The van der Waals surface area contributed by atoms with Crippen LogP contribution in [0.2, 0.25) is 0 Å². The summed E-state index contributed by atoms with van der Waals surface area (Å²) in [6.45, 7) is 2.13. The number of hydrogen-bond donors (Lipinski definition) is 2. The third kappa shape index (κ3) is 6.56. The van der Waals surface area contributed by atoms with Gasteiger partial charge in [-0.25, -0.2) is 9.36 Å². The molecule has 0 fully saturated rings. The fourth-order valence-electron chi connectivity index (χ4n) is 5.15. The molecular weight excluding hydrogens is 558 g/mol. The summed E-state index contributed by atoms with van der Waals surface area (Å²) in [5.41, 5.74) is 1.76. The summed E-state index contributed by atoms with van der Waals surface area (Å²) in [7, 11) is 11.2. The number of nitrogens with zero attached hydrogens (tertiary/aromatic N) is 7. The lowest BCUT2D eigenvalue weighted by atomic mass is 10.1. The Morgan fingerprint density at radius 3 is 2.36 bits per heavy atom. The van der Waals surface area contributed by atoms with E-state index in [-0.39, 0.29) is 23.7 Å². The molecule has 12 nitrogen and oxygen atoms in total. The number of rotatable bonds is 12. The normalized spacial score (nSPS) is 12.3. The average molecular weight is 598 g/mol. The molecule has 0 aliphatic carbocycles. The van der Waals surface area contributed by atoms with Gasteiger partial charge >= 0.3 is 0 Å². The van der Waals surface area contributed by atoms with Crippen LogP contribution in [0.1, 0.15) is 17.2 Å². The van der Waals surface area contributed by atoms with Gasteiger partial charge in [-0.3, -0.25) is 14.6 Å². The molecule has 12 heteroatoms. The molecule has 0 aliphatic heterocycles. The molecule has 0 radical (unpaired) electrons. The Labute approximate surface area is 255 Å². The van der Waals surface area contributed by atoms with Gasteiger partial charge in [-0.15, -0.1) is 0 Å². The zero-order chi connectivity index (χ0) is 31.4. The van der Waals surface area contributed by atoms with Gasteiger partial charge in [-0.1, -0.05) is 30.3 Å². The van der Waals surface area contributed by atoms with E-state index in [1.54, 1.807) is 32.5 Å². The standard InChI is InChI=1S/C32H39N9O3/c1-38(2)15-14-33-29-24-13-12-23(44-6)17-25(24)32(43)41(37-29)20-21-16-26-28(34-18-21)30(36-40(5)31(26)42)35-19-27(39(3)4)22-10-8-7-9-11-22/h7-13,16-18,27H,14-15,19-20H2,1-6H3,(H,33,37)(H,35,36)/t27-/m1/s1. The van der Waals surface area contributed by atoms with Gasteiger partial charge in [-0.05, 0) is 63.6 Å². The Hall–Kier alpha value is -4.81. The van der Waals surface area contributed by atoms with E-state index in [1.807, 2.05) is 58.5 Å². The smallest absolute Gasteiger partial charge is 0.276 e. The zero-order valence-electron chi connectivity index (χ0n) is 26.0. The number of methoxy groups -OCH3 is 1. The molecule has 0 spiro atoms. The minimum atomic E-state index is -0.276. The summed E-state index contributed by atoms with van der Waals surface area (Å²) >= 11 is 0. The van der Waals surface area contributed by atoms with Gasteiger partial charge in [0.05, 0.1) is 30.5 Å². The van der Waals surface area contributed by atoms with Crippen LogP contribution in [0.15, 0.2) is 70.4 Å². The van der Waals surface area contributed by atoms with Gasteiger partial charge in [0.15, 0.2) is 11.6 Å². The van der Waals surface area contributed by atoms with Crippen molar-refractivity contribution in [1.29, 1.82) is 0 Å². The Kier molecular flexibility index (Phi) is 9.21. The van der Waals surface area contributed by atoms with Crippen molar-refractivity contribution in [2.24, 2.45) is 7.05 Å². The van der Waals surface area contributed by atoms with E-state index in [2.05, 4.69) is 47.7 Å². The molecule has 0 bridgehead atoms. The van der Waals surface area contributed by atoms with Crippen molar-refractivity contribution in [1.82, 2.24) is 34.3 Å². The lowest BCUT2D eigenvalue weighted by molar-refractivity contribution is 0.311. The van der Waals surface area contributed by atoms with Crippen LogP contribution in [-0.4, -0.2) is 89.3 Å². The van der Waals surface area contributed by atoms with Crippen molar-refractivity contribution in [3.8, 4) is 5.75 Å². The highest BCUT2D eigenvalue weighted by Gasteiger charge is 2.18. The minimum Gasteiger partial charge on any atom is -0.497 e. The first-order valence-corrected chi connectivity index (χ1v) is 14.4. The van der Waals surface area contributed by atoms with E-state index in [9.17, 15) is 9.59 Å². The van der Waals surface area contributed by atoms with Crippen LogP contribution in [0, 0.1) is 0 Å². The second-order valence-corrected chi connectivity index (χ2v) is 11.2. The predicted octanol–water partition coefficient (Wildman–Crippen LogP) is 2.78. The molecule has 2 aromatic carbocycles. The molecule has 230 valence electrons. The number of ether oxygens (including phenoxy) is 1. The SMILES string of the molecule is COc1ccc2c(NCCN(C)C)nn(Cc3cnc4c(NC[C@H](c5ccccc5)N(C)C)nn(C)c(=O)c4c3)c(=O)c2c1. The topological polar surface area (TPSA) is 122 Å². The Bertz CT molecular complexity index is 1880. The van der Waals surface area contributed by atoms with Gasteiger partial charge in [0, 0.05) is 38.3 Å². The van der Waals surface area contributed by atoms with Gasteiger partial charge in [0.1, 0.15) is 11.3 Å². The van der Waals surface area contributed by atoms with Crippen LogP contribution in [0.25, 0.3) is 21.7 Å². The predicted molar refractivity (Wildman–Crippen MR) is 175 cm³/mol. The van der Waals surface area contributed by atoms with Crippen molar-refractivity contribution in [2.75, 3.05) is 65.6 Å². The quantitative estimate of drug-likeness (QED) is 0.222. The minimum absolute atomic E-state index is 0.0783. The number of nitrogens with one attached hydrogen (secondary N) is 2. The van der Waals surface area contributed by atoms with E-state index in [0.717, 1.165) is 12.1 Å². The van der Waals surface area contributed by atoms with Crippen LogP contribution in [0.3, 0.4) is 0 Å². The number of anilines is 2. The molecule has 3 aromatic heterocycles. The maximum atomic E-state index is 13.6. The molecule has 0 aliphatic rings. The molecular formula is C32H39N9O3.